The molecule has 0 fully saturated rings. The third kappa shape index (κ3) is 25.8. The second kappa shape index (κ2) is 48.8. The Balaban J connectivity index is 0.000000253. The minimum absolute atomic E-state index is 0.000888. The predicted octanol–water partition coefficient (Wildman–Crippen LogP) is 17.7. The van der Waals surface area contributed by atoms with Gasteiger partial charge < -0.3 is 98.4 Å². The molecule has 0 amide bonds. The maximum atomic E-state index is 12.6. The van der Waals surface area contributed by atoms with Gasteiger partial charge >= 0.3 is 0 Å². The van der Waals surface area contributed by atoms with Gasteiger partial charge in [-0.2, -0.15) is 0 Å². The fourth-order valence-corrected chi connectivity index (χ4v) is 16.3. The standard InChI is InChI=1S/C32H36O9.C31H34O9.C23H28O6.C21H24O6/c1-17(33)26-11-24(10-22(16-41-7)30(26)37)32(4,23-8-20(14-39-5)29(36)21(9-23)15-40-6)25-12-27(18(2)34)31(38)28(13-25)19(3)35;1-16(32)25-10-20(9-24(15-40-6)30(25)36)28(19-7-22(13-38-4)29(35)23(8-19)14-39-5)21-11-26(17(2)33)31(37)27(12-21)18(3)34;1-13(24)19-9-18(10-20(14(2)25)22(19)27)23(3,4)17-7-15(11-28-5)21(26)16(8-17)12-29-6;1-12(22)18-8-15(9-19(13(2)23)21(18)25)5-14-6-16(10-26-3)20(24)17(7-14)11-27-4/h8-13,36-38H,14-16H2,1-7H3;7-12,28,35-37H,13-15H2,1-6H3;7-10,26-27H,11-12H2,1-6H3;6-9,24-25H,5,10-11H2,1-4H3. The molecule has 10 N–H and O–H groups in total. The van der Waals surface area contributed by atoms with E-state index in [2.05, 4.69) is 0 Å². The third-order valence-corrected chi connectivity index (χ3v) is 23.5. The van der Waals surface area contributed by atoms with Crippen LogP contribution < -0.4 is 0 Å². The maximum absolute atomic E-state index is 12.6. The number of aromatic hydroxyl groups is 10. The Bertz CT molecular complexity index is 6000. The molecule has 30 nitrogen and oxygen atoms in total. The van der Waals surface area contributed by atoms with E-state index in [0.29, 0.717) is 107 Å². The first-order valence-corrected chi connectivity index (χ1v) is 43.2. The summed E-state index contributed by atoms with van der Waals surface area (Å²) in [6.07, 6.45) is 0.411. The summed E-state index contributed by atoms with van der Waals surface area (Å²) >= 11 is 0. The van der Waals surface area contributed by atoms with E-state index in [1.807, 2.05) is 45.0 Å². The van der Waals surface area contributed by atoms with Gasteiger partial charge in [0.25, 0.3) is 0 Å². The fraction of sp³-hybridized carbons (Fsp3) is 0.346. The number of hydrogen-bond acceptors (Lipinski definition) is 30. The van der Waals surface area contributed by atoms with E-state index in [1.54, 1.807) is 101 Å². The van der Waals surface area contributed by atoms with Crippen molar-refractivity contribution in [2.75, 3.05) is 71.1 Å². The molecule has 0 aliphatic heterocycles. The number of phenolic OH excluding ortho intramolecular Hbond substituents is 10. The largest absolute Gasteiger partial charge is 0.507 e. The number of carbonyl (C=O) groups is 10. The van der Waals surface area contributed by atoms with Crippen molar-refractivity contribution in [3.05, 3.63) is 288 Å². The van der Waals surface area contributed by atoms with Crippen LogP contribution >= 0.6 is 0 Å². The first-order valence-electron chi connectivity index (χ1n) is 43.2. The van der Waals surface area contributed by atoms with Crippen LogP contribution in [0.4, 0.5) is 0 Å². The molecule has 10 aromatic carbocycles. The van der Waals surface area contributed by atoms with E-state index >= 15 is 0 Å². The van der Waals surface area contributed by atoms with Gasteiger partial charge in [0.15, 0.2) is 57.8 Å². The molecule has 0 bridgehead atoms. The van der Waals surface area contributed by atoms with Crippen LogP contribution in [0, 0.1) is 0 Å². The number of benzene rings is 10. The van der Waals surface area contributed by atoms with Crippen LogP contribution in [-0.2, 0) is 131 Å². The van der Waals surface area contributed by atoms with E-state index in [4.69, 9.17) is 47.4 Å². The summed E-state index contributed by atoms with van der Waals surface area (Å²) in [7, 11) is 15.1. The van der Waals surface area contributed by atoms with E-state index in [0.717, 1.165) is 11.1 Å². The smallest absolute Gasteiger partial charge is 0.163 e. The van der Waals surface area contributed by atoms with E-state index in [9.17, 15) is 99.0 Å². The summed E-state index contributed by atoms with van der Waals surface area (Å²) in [5, 5.41) is 106. The van der Waals surface area contributed by atoms with Crippen molar-refractivity contribution >= 4 is 57.8 Å². The third-order valence-electron chi connectivity index (χ3n) is 23.5. The van der Waals surface area contributed by atoms with Crippen LogP contribution in [0.3, 0.4) is 0 Å². The molecule has 10 aromatic rings. The molecular weight excluding hydrogens is 1770 g/mol. The van der Waals surface area contributed by atoms with Gasteiger partial charge in [-0.1, -0.05) is 13.8 Å². The van der Waals surface area contributed by atoms with Gasteiger partial charge in [0.1, 0.15) is 57.5 Å². The number of Topliss-reactive ketones (excluding diaryl/α,β-unsaturated/α-hetero) is 10. The molecule has 0 aliphatic carbocycles. The lowest BCUT2D eigenvalue weighted by molar-refractivity contribution is 0.0991. The highest BCUT2D eigenvalue weighted by molar-refractivity contribution is 6.08. The van der Waals surface area contributed by atoms with E-state index in [-0.39, 0.29) is 202 Å². The van der Waals surface area contributed by atoms with Crippen LogP contribution in [0.2, 0.25) is 0 Å². The molecule has 0 aliphatic rings. The predicted molar refractivity (Wildman–Crippen MR) is 510 cm³/mol. The molecule has 30 heteroatoms. The normalized spacial score (nSPS) is 11.8. The fourth-order valence-electron chi connectivity index (χ4n) is 16.3. The summed E-state index contributed by atoms with van der Waals surface area (Å²) in [4.78, 5) is 123. The number of ether oxygens (including phenoxy) is 10. The zero-order valence-electron chi connectivity index (χ0n) is 81.5. The van der Waals surface area contributed by atoms with Crippen molar-refractivity contribution in [2.45, 2.75) is 179 Å². The topological polar surface area (TPSA) is 465 Å². The van der Waals surface area contributed by atoms with E-state index in [1.165, 1.54) is 136 Å². The van der Waals surface area contributed by atoms with Gasteiger partial charge in [0.05, 0.1) is 122 Å². The average molecular weight is 1890 g/mol. The van der Waals surface area contributed by atoms with Crippen molar-refractivity contribution in [3.63, 3.8) is 0 Å². The highest BCUT2D eigenvalue weighted by Crippen LogP contribution is 2.49. The lowest BCUT2D eigenvalue weighted by Crippen LogP contribution is -2.28. The molecule has 0 saturated carbocycles. The molecule has 0 saturated heterocycles. The van der Waals surface area contributed by atoms with Crippen LogP contribution in [0.15, 0.2) is 121 Å². The molecule has 10 rings (SSSR count). The number of carbonyl (C=O) groups excluding carboxylic acids is 10. The molecule has 0 radical (unpaired) electrons. The van der Waals surface area contributed by atoms with Crippen LogP contribution in [0.1, 0.15) is 311 Å². The van der Waals surface area contributed by atoms with Gasteiger partial charge in [-0.25, -0.2) is 0 Å². The number of ketones is 10. The molecule has 0 heterocycles. The Morgan fingerprint density at radius 3 is 0.635 bits per heavy atom. The first kappa shape index (κ1) is 111. The minimum atomic E-state index is -1.21. The van der Waals surface area contributed by atoms with Crippen LogP contribution in [-0.4, -0.2) is 180 Å². The summed E-state index contributed by atoms with van der Waals surface area (Å²) < 4.78 is 52.5. The lowest BCUT2D eigenvalue weighted by Gasteiger charge is -2.34. The maximum Gasteiger partial charge on any atom is 0.163 e. The van der Waals surface area contributed by atoms with Gasteiger partial charge in [0, 0.05) is 143 Å². The number of hydrogen-bond donors (Lipinski definition) is 10. The second-order valence-corrected chi connectivity index (χ2v) is 33.9. The highest BCUT2D eigenvalue weighted by atomic mass is 16.5. The molecule has 137 heavy (non-hydrogen) atoms. The SMILES string of the molecule is COCc1cc(C(C)(C)c2cc(C(C)=O)c(O)c(C(C)=O)c2)cc(COC)c1O.COCc1cc(C(C)(c2cc(COC)c(O)c(C(C)=O)c2)c2cc(C(C)=O)c(O)c(C(C)=O)c2)cc(COC)c1O.COCc1cc(C(c2cc(COC)c(O)c(C(C)=O)c2)c2cc(C(C)=O)c(O)c(C(C)=O)c2)cc(COC)c1O.COCc1cc(Cc2cc(C(C)=O)c(O)c(C(C)=O)c2)cc(COC)c1O. The van der Waals surface area contributed by atoms with Crippen LogP contribution in [0.25, 0.3) is 0 Å². The quantitative estimate of drug-likeness (QED) is 0.0126. The second-order valence-electron chi connectivity index (χ2n) is 33.9. The lowest BCUT2D eigenvalue weighted by atomic mass is 9.68. The zero-order chi connectivity index (χ0) is 102. The molecule has 2 unspecified atom stereocenters. The average Bonchev–Trinajstić information content (AvgIpc) is 0.731. The van der Waals surface area contributed by atoms with Crippen molar-refractivity contribution < 1.29 is 146 Å². The van der Waals surface area contributed by atoms with Gasteiger partial charge in [-0.3, -0.25) is 47.9 Å². The Hall–Kier alpha value is -13.5. The monoisotopic (exact) mass is 1890 g/mol. The number of phenols is 10. The van der Waals surface area contributed by atoms with Gasteiger partial charge in [-0.05, 0) is 260 Å². The molecule has 730 valence electrons. The molecular formula is C107H122O30. The molecule has 0 aromatic heterocycles. The van der Waals surface area contributed by atoms with Crippen molar-refractivity contribution in [1.82, 2.24) is 0 Å². The summed E-state index contributed by atoms with van der Waals surface area (Å²) in [6, 6.07) is 33.2. The Labute approximate surface area is 796 Å². The van der Waals surface area contributed by atoms with Gasteiger partial charge in [-0.15, -0.1) is 0 Å². The number of rotatable bonds is 40. The number of methoxy groups -OCH3 is 10. The van der Waals surface area contributed by atoms with Crippen LogP contribution in [0.5, 0.6) is 57.5 Å². The first-order chi connectivity index (χ1) is 64.6. The van der Waals surface area contributed by atoms with E-state index < -0.39 is 51.4 Å². The van der Waals surface area contributed by atoms with Crippen molar-refractivity contribution in [2.24, 2.45) is 0 Å². The highest BCUT2D eigenvalue weighted by Gasteiger charge is 2.38. The van der Waals surface area contributed by atoms with Gasteiger partial charge in [0.2, 0.25) is 0 Å². The van der Waals surface area contributed by atoms with Crippen molar-refractivity contribution in [1.29, 1.82) is 0 Å². The minimum Gasteiger partial charge on any atom is -0.507 e. The summed E-state index contributed by atoms with van der Waals surface area (Å²) in [5.74, 6) is -6.14. The Kier molecular flexibility index (Phi) is 39.4. The Morgan fingerprint density at radius 2 is 0.372 bits per heavy atom. The molecule has 2 atom stereocenters. The van der Waals surface area contributed by atoms with Crippen molar-refractivity contribution in [3.8, 4) is 57.5 Å². The summed E-state index contributed by atoms with van der Waals surface area (Å²) in [5.41, 5.74) is 9.94. The summed E-state index contributed by atoms with van der Waals surface area (Å²) in [6.45, 7) is 20.2. The molecule has 0 spiro atoms. The Morgan fingerprint density at radius 1 is 0.212 bits per heavy atom. The zero-order valence-corrected chi connectivity index (χ0v) is 81.5.